The second kappa shape index (κ2) is 6.99. The van der Waals surface area contributed by atoms with Gasteiger partial charge < -0.3 is 10.5 Å². The van der Waals surface area contributed by atoms with Crippen molar-refractivity contribution < 1.29 is 4.74 Å². The van der Waals surface area contributed by atoms with Gasteiger partial charge in [0.1, 0.15) is 12.4 Å². The van der Waals surface area contributed by atoms with Crippen molar-refractivity contribution in [2.45, 2.75) is 19.6 Å². The number of ether oxygens (including phenoxy) is 1. The van der Waals surface area contributed by atoms with Crippen LogP contribution in [0.1, 0.15) is 24.2 Å². The van der Waals surface area contributed by atoms with E-state index < -0.39 is 0 Å². The number of rotatable bonds is 4. The zero-order chi connectivity index (χ0) is 12.1. The van der Waals surface area contributed by atoms with Gasteiger partial charge in [0.25, 0.3) is 0 Å². The van der Waals surface area contributed by atoms with Gasteiger partial charge in [0.15, 0.2) is 0 Å². The Morgan fingerprint density at radius 2 is 1.89 bits per heavy atom. The summed E-state index contributed by atoms with van der Waals surface area (Å²) in [4.78, 5) is 4.24. The van der Waals surface area contributed by atoms with Gasteiger partial charge in [0.05, 0.1) is 11.9 Å². The number of pyridine rings is 1. The van der Waals surface area contributed by atoms with Crippen molar-refractivity contribution in [3.05, 3.63) is 59.9 Å². The third-order valence-corrected chi connectivity index (χ3v) is 2.47. The van der Waals surface area contributed by atoms with Crippen molar-refractivity contribution in [1.82, 2.24) is 4.98 Å². The Bertz CT molecular complexity index is 457. The van der Waals surface area contributed by atoms with E-state index in [2.05, 4.69) is 4.98 Å². The van der Waals surface area contributed by atoms with Gasteiger partial charge in [-0.3, -0.25) is 4.98 Å². The molecule has 1 aromatic carbocycles. The average molecular weight is 265 g/mol. The van der Waals surface area contributed by atoms with E-state index in [-0.39, 0.29) is 18.4 Å². The SMILES string of the molecule is C[C@@H](N)c1ccc(OCc2ccccc2)cn1.Cl. The first-order valence-electron chi connectivity index (χ1n) is 5.64. The fraction of sp³-hybridized carbons (Fsp3) is 0.214. The minimum atomic E-state index is -0.0434. The lowest BCUT2D eigenvalue weighted by molar-refractivity contribution is 0.304. The summed E-state index contributed by atoms with van der Waals surface area (Å²) < 4.78 is 5.62. The molecule has 1 atom stereocenters. The Hall–Kier alpha value is -1.58. The van der Waals surface area contributed by atoms with Gasteiger partial charge in [-0.1, -0.05) is 30.3 Å². The topological polar surface area (TPSA) is 48.1 Å². The lowest BCUT2D eigenvalue weighted by Crippen LogP contribution is -2.07. The molecule has 2 rings (SSSR count). The maximum absolute atomic E-state index is 5.73. The molecule has 1 aromatic heterocycles. The minimum Gasteiger partial charge on any atom is -0.487 e. The van der Waals surface area contributed by atoms with E-state index in [0.717, 1.165) is 17.0 Å². The molecule has 0 saturated carbocycles. The monoisotopic (exact) mass is 264 g/mol. The van der Waals surface area contributed by atoms with Crippen molar-refractivity contribution in [1.29, 1.82) is 0 Å². The van der Waals surface area contributed by atoms with Crippen molar-refractivity contribution in [2.75, 3.05) is 0 Å². The second-order valence-electron chi connectivity index (χ2n) is 3.98. The summed E-state index contributed by atoms with van der Waals surface area (Å²) in [5.41, 5.74) is 7.74. The van der Waals surface area contributed by atoms with Gasteiger partial charge in [-0.05, 0) is 24.6 Å². The Morgan fingerprint density at radius 3 is 2.44 bits per heavy atom. The van der Waals surface area contributed by atoms with Crippen LogP contribution in [0, 0.1) is 0 Å². The largest absolute Gasteiger partial charge is 0.487 e. The van der Waals surface area contributed by atoms with Crippen LogP contribution in [0.5, 0.6) is 5.75 Å². The van der Waals surface area contributed by atoms with Crippen LogP contribution in [0.25, 0.3) is 0 Å². The van der Waals surface area contributed by atoms with Crippen LogP contribution in [-0.4, -0.2) is 4.98 Å². The smallest absolute Gasteiger partial charge is 0.138 e. The molecule has 0 radical (unpaired) electrons. The predicted molar refractivity (Wildman–Crippen MR) is 74.9 cm³/mol. The number of nitrogens with two attached hydrogens (primary N) is 1. The Labute approximate surface area is 113 Å². The van der Waals surface area contributed by atoms with Gasteiger partial charge in [-0.15, -0.1) is 12.4 Å². The molecule has 2 N–H and O–H groups in total. The fourth-order valence-electron chi connectivity index (χ4n) is 1.49. The molecule has 1 heterocycles. The number of benzene rings is 1. The normalized spacial score (nSPS) is 11.4. The molecule has 3 nitrogen and oxygen atoms in total. The molecule has 0 amide bonds. The van der Waals surface area contributed by atoms with Crippen LogP contribution >= 0.6 is 12.4 Å². The molecule has 96 valence electrons. The lowest BCUT2D eigenvalue weighted by Gasteiger charge is -2.08. The highest BCUT2D eigenvalue weighted by atomic mass is 35.5. The van der Waals surface area contributed by atoms with E-state index in [1.807, 2.05) is 49.4 Å². The van der Waals surface area contributed by atoms with E-state index in [4.69, 9.17) is 10.5 Å². The van der Waals surface area contributed by atoms with Crippen LogP contribution in [0.15, 0.2) is 48.7 Å². The first-order valence-corrected chi connectivity index (χ1v) is 5.64. The van der Waals surface area contributed by atoms with Crippen molar-refractivity contribution in [3.63, 3.8) is 0 Å². The third-order valence-electron chi connectivity index (χ3n) is 2.47. The summed E-state index contributed by atoms with van der Waals surface area (Å²) in [6.07, 6.45) is 1.71. The Kier molecular flexibility index (Phi) is 5.62. The predicted octanol–water partition coefficient (Wildman–Crippen LogP) is 3.10. The molecular formula is C14H17ClN2O. The first-order chi connectivity index (χ1) is 8.25. The maximum Gasteiger partial charge on any atom is 0.138 e. The van der Waals surface area contributed by atoms with E-state index >= 15 is 0 Å². The average Bonchev–Trinajstić information content (AvgIpc) is 2.38. The molecule has 0 unspecified atom stereocenters. The summed E-state index contributed by atoms with van der Waals surface area (Å²) in [6.45, 7) is 2.47. The summed E-state index contributed by atoms with van der Waals surface area (Å²) >= 11 is 0. The Morgan fingerprint density at radius 1 is 1.17 bits per heavy atom. The van der Waals surface area contributed by atoms with Crippen molar-refractivity contribution in [2.24, 2.45) is 5.73 Å². The highest BCUT2D eigenvalue weighted by Crippen LogP contribution is 2.14. The van der Waals surface area contributed by atoms with Crippen LogP contribution in [0.4, 0.5) is 0 Å². The van der Waals surface area contributed by atoms with Crippen molar-refractivity contribution in [3.8, 4) is 5.75 Å². The quantitative estimate of drug-likeness (QED) is 0.923. The van der Waals surface area contributed by atoms with E-state index in [9.17, 15) is 0 Å². The molecule has 0 aliphatic heterocycles. The van der Waals surface area contributed by atoms with Crippen LogP contribution < -0.4 is 10.5 Å². The number of hydrogen-bond donors (Lipinski definition) is 1. The third kappa shape index (κ3) is 4.02. The zero-order valence-electron chi connectivity index (χ0n) is 10.2. The van der Waals surface area contributed by atoms with Gasteiger partial charge in [-0.2, -0.15) is 0 Å². The summed E-state index contributed by atoms with van der Waals surface area (Å²) in [5.74, 6) is 0.762. The standard InChI is InChI=1S/C14H16N2O.ClH/c1-11(15)14-8-7-13(9-16-14)17-10-12-5-3-2-4-6-12;/h2-9,11H,10,15H2,1H3;1H/t11-;/m1./s1. The van der Waals surface area contributed by atoms with Gasteiger partial charge in [0.2, 0.25) is 0 Å². The summed E-state index contributed by atoms with van der Waals surface area (Å²) in [7, 11) is 0. The minimum absolute atomic E-state index is 0. The second-order valence-corrected chi connectivity index (χ2v) is 3.98. The molecule has 4 heteroatoms. The summed E-state index contributed by atoms with van der Waals surface area (Å²) in [5, 5.41) is 0. The van der Waals surface area contributed by atoms with Gasteiger partial charge in [0, 0.05) is 6.04 Å². The maximum atomic E-state index is 5.73. The molecule has 0 bridgehead atoms. The van der Waals surface area contributed by atoms with Crippen LogP contribution in [0.3, 0.4) is 0 Å². The van der Waals surface area contributed by atoms with Crippen LogP contribution in [0.2, 0.25) is 0 Å². The Balaban J connectivity index is 0.00000162. The molecule has 0 saturated heterocycles. The molecule has 0 fully saturated rings. The van der Waals surface area contributed by atoms with Gasteiger partial charge in [-0.25, -0.2) is 0 Å². The number of nitrogens with zero attached hydrogens (tertiary/aromatic N) is 1. The van der Waals surface area contributed by atoms with E-state index in [1.54, 1.807) is 6.20 Å². The highest BCUT2D eigenvalue weighted by molar-refractivity contribution is 5.85. The summed E-state index contributed by atoms with van der Waals surface area (Å²) in [6, 6.07) is 13.8. The molecule has 0 aliphatic carbocycles. The molecule has 0 aliphatic rings. The number of aromatic nitrogens is 1. The molecular weight excluding hydrogens is 248 g/mol. The van der Waals surface area contributed by atoms with Crippen molar-refractivity contribution >= 4 is 12.4 Å². The van der Waals surface area contributed by atoms with Gasteiger partial charge >= 0.3 is 0 Å². The van der Waals surface area contributed by atoms with E-state index in [0.29, 0.717) is 6.61 Å². The molecule has 18 heavy (non-hydrogen) atoms. The van der Waals surface area contributed by atoms with E-state index in [1.165, 1.54) is 0 Å². The zero-order valence-corrected chi connectivity index (χ0v) is 11.1. The first kappa shape index (κ1) is 14.5. The highest BCUT2D eigenvalue weighted by Gasteiger charge is 2.01. The lowest BCUT2D eigenvalue weighted by atomic mass is 10.2. The molecule has 2 aromatic rings. The fourth-order valence-corrected chi connectivity index (χ4v) is 1.49. The number of halogens is 1. The van der Waals surface area contributed by atoms with Crippen LogP contribution in [-0.2, 0) is 6.61 Å². The number of hydrogen-bond acceptors (Lipinski definition) is 3. The molecule has 0 spiro atoms.